The molecule has 20 heavy (non-hydrogen) atoms. The molecule has 0 saturated heterocycles. The number of hydrogen-bond acceptors (Lipinski definition) is 4. The van der Waals surface area contributed by atoms with Crippen LogP contribution in [0, 0.1) is 6.92 Å². The van der Waals surface area contributed by atoms with E-state index in [1.165, 1.54) is 0 Å². The number of benzene rings is 1. The molecule has 4 nitrogen and oxygen atoms in total. The van der Waals surface area contributed by atoms with E-state index in [1.807, 2.05) is 31.2 Å². The number of rotatable bonds is 9. The van der Waals surface area contributed by atoms with Gasteiger partial charge in [-0.05, 0) is 13.8 Å². The topological polar surface area (TPSA) is 38.8 Å². The lowest BCUT2D eigenvalue weighted by Crippen LogP contribution is -2.41. The van der Waals surface area contributed by atoms with Gasteiger partial charge in [-0.15, -0.1) is 0 Å². The molecule has 0 fully saturated rings. The van der Waals surface area contributed by atoms with Gasteiger partial charge in [0.2, 0.25) is 0 Å². The van der Waals surface area contributed by atoms with Crippen molar-refractivity contribution in [3.8, 4) is 0 Å². The molecule has 1 aromatic carbocycles. The maximum absolute atomic E-state index is 12.3. The maximum atomic E-state index is 12.3. The van der Waals surface area contributed by atoms with Crippen molar-refractivity contribution in [1.29, 1.82) is 0 Å². The first-order valence-corrected chi connectivity index (χ1v) is 6.90. The monoisotopic (exact) mass is 279 g/mol. The third kappa shape index (κ3) is 5.41. The molecule has 1 rings (SSSR count). The van der Waals surface area contributed by atoms with Crippen LogP contribution in [-0.4, -0.2) is 57.2 Å². The van der Waals surface area contributed by atoms with E-state index in [1.54, 1.807) is 14.2 Å². The Balaban J connectivity index is 2.67. The molecule has 1 atom stereocenters. The molecule has 0 spiro atoms. The molecule has 1 unspecified atom stereocenters. The van der Waals surface area contributed by atoms with E-state index >= 15 is 0 Å². The summed E-state index contributed by atoms with van der Waals surface area (Å²) in [7, 11) is 3.34. The van der Waals surface area contributed by atoms with Crippen molar-refractivity contribution in [3.05, 3.63) is 35.4 Å². The fourth-order valence-corrected chi connectivity index (χ4v) is 2.03. The molecule has 0 saturated carbocycles. The molecule has 4 heteroatoms. The van der Waals surface area contributed by atoms with Gasteiger partial charge in [0.05, 0.1) is 19.8 Å². The average Bonchev–Trinajstić information content (AvgIpc) is 2.44. The lowest BCUT2D eigenvalue weighted by atomic mass is 10.1. The molecule has 0 N–H and O–H groups in total. The predicted octanol–water partition coefficient (Wildman–Crippen LogP) is 2.16. The fourth-order valence-electron chi connectivity index (χ4n) is 2.03. The van der Waals surface area contributed by atoms with Gasteiger partial charge in [-0.25, -0.2) is 0 Å². The van der Waals surface area contributed by atoms with E-state index in [0.717, 1.165) is 17.7 Å². The highest BCUT2D eigenvalue weighted by Crippen LogP contribution is 2.07. The normalized spacial score (nSPS) is 12.7. The van der Waals surface area contributed by atoms with Crippen LogP contribution in [0.5, 0.6) is 0 Å². The zero-order valence-corrected chi connectivity index (χ0v) is 12.9. The Labute approximate surface area is 121 Å². The summed E-state index contributed by atoms with van der Waals surface area (Å²) in [5.41, 5.74) is 1.91. The van der Waals surface area contributed by atoms with Crippen LogP contribution in [0.3, 0.4) is 0 Å². The summed E-state index contributed by atoms with van der Waals surface area (Å²) in [5.74, 6) is 0.129. The van der Waals surface area contributed by atoms with Crippen molar-refractivity contribution in [3.63, 3.8) is 0 Å². The minimum atomic E-state index is 0.129. The van der Waals surface area contributed by atoms with Gasteiger partial charge in [-0.1, -0.05) is 29.8 Å². The Kier molecular flexibility index (Phi) is 7.44. The summed E-state index contributed by atoms with van der Waals surface area (Å²) in [5, 5.41) is 0. The van der Waals surface area contributed by atoms with Crippen LogP contribution in [0.15, 0.2) is 24.3 Å². The maximum Gasteiger partial charge on any atom is 0.176 e. The fraction of sp³-hybridized carbons (Fsp3) is 0.562. The molecule has 0 aliphatic carbocycles. The van der Waals surface area contributed by atoms with Gasteiger partial charge in [0, 0.05) is 32.4 Å². The summed E-state index contributed by atoms with van der Waals surface area (Å²) in [6, 6.07) is 7.88. The molecule has 112 valence electrons. The molecule has 0 radical (unpaired) electrons. The van der Waals surface area contributed by atoms with Gasteiger partial charge in [0.1, 0.15) is 0 Å². The van der Waals surface area contributed by atoms with Gasteiger partial charge in [0.25, 0.3) is 0 Å². The lowest BCUT2D eigenvalue weighted by Gasteiger charge is -2.27. The van der Waals surface area contributed by atoms with Crippen molar-refractivity contribution in [2.75, 3.05) is 40.5 Å². The predicted molar refractivity (Wildman–Crippen MR) is 80.3 cm³/mol. The minimum Gasteiger partial charge on any atom is -0.383 e. The SMILES string of the molecule is COCCN(CC(=O)c1ccc(C)cc1)C(C)COC. The van der Waals surface area contributed by atoms with Crippen LogP contribution in [0.25, 0.3) is 0 Å². The highest BCUT2D eigenvalue weighted by molar-refractivity contribution is 5.97. The number of carbonyl (C=O) groups excluding carboxylic acids is 1. The molecular weight excluding hydrogens is 254 g/mol. The van der Waals surface area contributed by atoms with Crippen molar-refractivity contribution >= 4 is 5.78 Å². The van der Waals surface area contributed by atoms with Gasteiger partial charge >= 0.3 is 0 Å². The van der Waals surface area contributed by atoms with Crippen LogP contribution < -0.4 is 0 Å². The standard InChI is InChI=1S/C16H25NO3/c1-13-5-7-15(8-6-13)16(18)11-17(9-10-19-3)14(2)12-20-4/h5-8,14H,9-12H2,1-4H3. The van der Waals surface area contributed by atoms with E-state index in [-0.39, 0.29) is 11.8 Å². The second-order valence-corrected chi connectivity index (χ2v) is 5.06. The van der Waals surface area contributed by atoms with Crippen LogP contribution in [-0.2, 0) is 9.47 Å². The van der Waals surface area contributed by atoms with E-state index in [9.17, 15) is 4.79 Å². The van der Waals surface area contributed by atoms with Gasteiger partial charge in [0.15, 0.2) is 5.78 Å². The molecule has 1 aromatic rings. The highest BCUT2D eigenvalue weighted by Gasteiger charge is 2.17. The summed E-state index contributed by atoms with van der Waals surface area (Å²) in [6.07, 6.45) is 0. The summed E-state index contributed by atoms with van der Waals surface area (Å²) in [6.45, 7) is 6.39. The Morgan fingerprint density at radius 2 is 1.85 bits per heavy atom. The van der Waals surface area contributed by atoms with E-state index < -0.39 is 0 Å². The van der Waals surface area contributed by atoms with Crippen LogP contribution in [0.2, 0.25) is 0 Å². The van der Waals surface area contributed by atoms with E-state index in [2.05, 4.69) is 11.8 Å². The number of nitrogens with zero attached hydrogens (tertiary/aromatic N) is 1. The second-order valence-electron chi connectivity index (χ2n) is 5.06. The molecule has 0 bridgehead atoms. The number of Topliss-reactive ketones (excluding diaryl/α,β-unsaturated/α-hetero) is 1. The van der Waals surface area contributed by atoms with Gasteiger partial charge in [-0.2, -0.15) is 0 Å². The minimum absolute atomic E-state index is 0.129. The van der Waals surface area contributed by atoms with E-state index in [4.69, 9.17) is 9.47 Å². The molecule has 0 heterocycles. The van der Waals surface area contributed by atoms with Crippen molar-refractivity contribution in [2.24, 2.45) is 0 Å². The Bertz CT molecular complexity index is 403. The van der Waals surface area contributed by atoms with Crippen LogP contribution in [0.4, 0.5) is 0 Å². The number of methoxy groups -OCH3 is 2. The van der Waals surface area contributed by atoms with Crippen molar-refractivity contribution < 1.29 is 14.3 Å². The molecule has 0 aliphatic rings. The number of ketones is 1. The number of aryl methyl sites for hydroxylation is 1. The van der Waals surface area contributed by atoms with Crippen LogP contribution >= 0.6 is 0 Å². The largest absolute Gasteiger partial charge is 0.383 e. The van der Waals surface area contributed by atoms with Gasteiger partial charge < -0.3 is 9.47 Å². The molecule has 0 aliphatic heterocycles. The Hall–Kier alpha value is -1.23. The van der Waals surface area contributed by atoms with Crippen LogP contribution in [0.1, 0.15) is 22.8 Å². The number of carbonyl (C=O) groups is 1. The summed E-state index contributed by atoms with van der Waals surface area (Å²) < 4.78 is 10.3. The lowest BCUT2D eigenvalue weighted by molar-refractivity contribution is 0.0651. The summed E-state index contributed by atoms with van der Waals surface area (Å²) >= 11 is 0. The number of ether oxygens (including phenoxy) is 2. The first kappa shape index (κ1) is 16.8. The summed E-state index contributed by atoms with van der Waals surface area (Å²) in [4.78, 5) is 14.4. The van der Waals surface area contributed by atoms with Crippen molar-refractivity contribution in [1.82, 2.24) is 4.90 Å². The first-order chi connectivity index (χ1) is 9.58. The Morgan fingerprint density at radius 3 is 2.40 bits per heavy atom. The number of hydrogen-bond donors (Lipinski definition) is 0. The molecular formula is C16H25NO3. The third-order valence-electron chi connectivity index (χ3n) is 3.33. The highest BCUT2D eigenvalue weighted by atomic mass is 16.5. The molecule has 0 amide bonds. The Morgan fingerprint density at radius 1 is 1.20 bits per heavy atom. The quantitative estimate of drug-likeness (QED) is 0.649. The average molecular weight is 279 g/mol. The zero-order chi connectivity index (χ0) is 15.0. The van der Waals surface area contributed by atoms with Crippen molar-refractivity contribution in [2.45, 2.75) is 19.9 Å². The first-order valence-electron chi connectivity index (χ1n) is 6.90. The second kappa shape index (κ2) is 8.84. The molecule has 0 aromatic heterocycles. The smallest absolute Gasteiger partial charge is 0.176 e. The zero-order valence-electron chi connectivity index (χ0n) is 12.9. The van der Waals surface area contributed by atoms with E-state index in [0.29, 0.717) is 19.8 Å². The third-order valence-corrected chi connectivity index (χ3v) is 3.33. The van der Waals surface area contributed by atoms with Gasteiger partial charge in [-0.3, -0.25) is 9.69 Å².